The molecule has 0 radical (unpaired) electrons. The van der Waals surface area contributed by atoms with Gasteiger partial charge in [-0.3, -0.25) is 0 Å². The summed E-state index contributed by atoms with van der Waals surface area (Å²) in [6, 6.07) is 7.87. The number of morpholine rings is 1. The Morgan fingerprint density at radius 3 is 3.00 bits per heavy atom. The first kappa shape index (κ1) is 18.9. The molecule has 1 aromatic carbocycles. The molecular weight excluding hydrogens is 328 g/mol. The van der Waals surface area contributed by atoms with Crippen molar-refractivity contribution in [1.82, 2.24) is 9.62 Å². The predicted molar refractivity (Wildman–Crippen MR) is 94.6 cm³/mol. The number of ether oxygens (including phenoxy) is 2. The Balaban J connectivity index is 1.79. The van der Waals surface area contributed by atoms with E-state index < -0.39 is 10.0 Å². The van der Waals surface area contributed by atoms with E-state index in [1.165, 1.54) is 10.6 Å². The van der Waals surface area contributed by atoms with Crippen molar-refractivity contribution in [2.45, 2.75) is 19.6 Å². The van der Waals surface area contributed by atoms with Crippen LogP contribution in [0.15, 0.2) is 36.4 Å². The van der Waals surface area contributed by atoms with Gasteiger partial charge in [-0.1, -0.05) is 18.7 Å². The number of nitrogens with zero attached hydrogens (tertiary/aromatic N) is 1. The van der Waals surface area contributed by atoms with E-state index in [1.807, 2.05) is 31.2 Å². The van der Waals surface area contributed by atoms with Crippen LogP contribution in [0.5, 0.6) is 5.75 Å². The molecule has 1 N–H and O–H groups in total. The molecule has 0 bridgehead atoms. The first-order valence-electron chi connectivity index (χ1n) is 7.98. The number of hydrogen-bond acceptors (Lipinski definition) is 5. The van der Waals surface area contributed by atoms with Gasteiger partial charge in [0.1, 0.15) is 12.4 Å². The van der Waals surface area contributed by atoms with Crippen molar-refractivity contribution in [3.8, 4) is 5.75 Å². The molecule has 7 heteroatoms. The summed E-state index contributed by atoms with van der Waals surface area (Å²) in [4.78, 5) is 0. The van der Waals surface area contributed by atoms with E-state index in [0.29, 0.717) is 39.4 Å². The van der Waals surface area contributed by atoms with Gasteiger partial charge in [-0.2, -0.15) is 4.31 Å². The maximum absolute atomic E-state index is 11.6. The van der Waals surface area contributed by atoms with Crippen LogP contribution in [0.4, 0.5) is 0 Å². The molecule has 1 atom stereocenters. The lowest BCUT2D eigenvalue weighted by molar-refractivity contribution is -0.000103. The van der Waals surface area contributed by atoms with Gasteiger partial charge >= 0.3 is 0 Å². The summed E-state index contributed by atoms with van der Waals surface area (Å²) in [7, 11) is -3.15. The molecule has 134 valence electrons. The molecule has 6 nitrogen and oxygen atoms in total. The van der Waals surface area contributed by atoms with E-state index in [9.17, 15) is 8.42 Å². The average Bonchev–Trinajstić information content (AvgIpc) is 2.53. The molecule has 1 fully saturated rings. The normalized spacial score (nSPS) is 19.2. The Hall–Kier alpha value is -1.41. The fourth-order valence-electron chi connectivity index (χ4n) is 2.45. The number of sulfonamides is 1. The minimum atomic E-state index is -3.15. The monoisotopic (exact) mass is 354 g/mol. The smallest absolute Gasteiger partial charge is 0.211 e. The first-order valence-corrected chi connectivity index (χ1v) is 9.83. The van der Waals surface area contributed by atoms with Gasteiger partial charge in [0.05, 0.1) is 19.0 Å². The van der Waals surface area contributed by atoms with E-state index in [4.69, 9.17) is 9.47 Å². The van der Waals surface area contributed by atoms with E-state index in [0.717, 1.165) is 16.9 Å². The molecule has 1 heterocycles. The van der Waals surface area contributed by atoms with Crippen molar-refractivity contribution in [3.05, 3.63) is 42.0 Å². The Labute approximate surface area is 144 Å². The summed E-state index contributed by atoms with van der Waals surface area (Å²) >= 11 is 0. The van der Waals surface area contributed by atoms with Crippen molar-refractivity contribution < 1.29 is 17.9 Å². The standard InChI is InChI=1S/C17H26N2O4S/c1-14(2)13-23-16-6-4-5-15(9-16)10-18-11-17-12-19(7-8-22-17)24(3,20)21/h4-6,9,17-18H,1,7-8,10-13H2,2-3H3/t17-/m1/s1. The molecule has 2 rings (SSSR count). The molecule has 0 amide bonds. The second kappa shape index (κ2) is 8.62. The number of benzene rings is 1. The molecule has 0 unspecified atom stereocenters. The second-order valence-electron chi connectivity index (χ2n) is 6.14. The van der Waals surface area contributed by atoms with Crippen molar-refractivity contribution in [2.75, 3.05) is 39.1 Å². The van der Waals surface area contributed by atoms with Gasteiger partial charge in [-0.05, 0) is 30.2 Å². The van der Waals surface area contributed by atoms with Crippen LogP contribution in [-0.2, 0) is 21.3 Å². The van der Waals surface area contributed by atoms with Crippen LogP contribution in [-0.4, -0.2) is 57.9 Å². The van der Waals surface area contributed by atoms with Crippen molar-refractivity contribution in [1.29, 1.82) is 0 Å². The van der Waals surface area contributed by atoms with Crippen LogP contribution in [0, 0.1) is 0 Å². The summed E-state index contributed by atoms with van der Waals surface area (Å²) in [5, 5.41) is 3.32. The topological polar surface area (TPSA) is 67.9 Å². The first-order chi connectivity index (χ1) is 11.3. The van der Waals surface area contributed by atoms with Crippen LogP contribution in [0.25, 0.3) is 0 Å². The molecule has 0 aliphatic carbocycles. The summed E-state index contributed by atoms with van der Waals surface area (Å²) in [5.74, 6) is 0.814. The van der Waals surface area contributed by atoms with Crippen LogP contribution in [0.1, 0.15) is 12.5 Å². The van der Waals surface area contributed by atoms with Crippen molar-refractivity contribution in [3.63, 3.8) is 0 Å². The molecule has 0 spiro atoms. The van der Waals surface area contributed by atoms with E-state index in [1.54, 1.807) is 0 Å². The third-order valence-electron chi connectivity index (χ3n) is 3.66. The lowest BCUT2D eigenvalue weighted by Gasteiger charge is -2.31. The molecular formula is C17H26N2O4S. The largest absolute Gasteiger partial charge is 0.489 e. The van der Waals surface area contributed by atoms with Crippen LogP contribution >= 0.6 is 0 Å². The lowest BCUT2D eigenvalue weighted by atomic mass is 10.2. The number of nitrogens with one attached hydrogen (secondary N) is 1. The lowest BCUT2D eigenvalue weighted by Crippen LogP contribution is -2.48. The summed E-state index contributed by atoms with van der Waals surface area (Å²) in [5.41, 5.74) is 2.08. The summed E-state index contributed by atoms with van der Waals surface area (Å²) < 4.78 is 35.9. The Bertz CT molecular complexity index is 660. The van der Waals surface area contributed by atoms with Gasteiger partial charge in [0, 0.05) is 26.2 Å². The molecule has 0 saturated carbocycles. The van der Waals surface area contributed by atoms with E-state index >= 15 is 0 Å². The second-order valence-corrected chi connectivity index (χ2v) is 8.12. The Morgan fingerprint density at radius 2 is 2.29 bits per heavy atom. The zero-order valence-electron chi connectivity index (χ0n) is 14.3. The zero-order chi connectivity index (χ0) is 17.6. The predicted octanol–water partition coefficient (Wildman–Crippen LogP) is 1.39. The molecule has 1 aliphatic heterocycles. The summed E-state index contributed by atoms with van der Waals surface area (Å²) in [6.45, 7) is 8.78. The van der Waals surface area contributed by atoms with Crippen molar-refractivity contribution >= 4 is 10.0 Å². The third kappa shape index (κ3) is 6.24. The highest BCUT2D eigenvalue weighted by Crippen LogP contribution is 2.14. The third-order valence-corrected chi connectivity index (χ3v) is 4.93. The van der Waals surface area contributed by atoms with Gasteiger partial charge in [-0.25, -0.2) is 8.42 Å². The minimum Gasteiger partial charge on any atom is -0.489 e. The fourth-order valence-corrected chi connectivity index (χ4v) is 3.29. The minimum absolute atomic E-state index is 0.128. The molecule has 0 aromatic heterocycles. The van der Waals surface area contributed by atoms with Gasteiger partial charge in [0.2, 0.25) is 10.0 Å². The zero-order valence-corrected chi connectivity index (χ0v) is 15.1. The SMILES string of the molecule is C=C(C)COc1cccc(CNC[C@@H]2CN(S(C)(=O)=O)CCO2)c1. The quantitative estimate of drug-likeness (QED) is 0.715. The van der Waals surface area contributed by atoms with Gasteiger partial charge in [0.25, 0.3) is 0 Å². The highest BCUT2D eigenvalue weighted by Gasteiger charge is 2.26. The van der Waals surface area contributed by atoms with Gasteiger partial charge in [-0.15, -0.1) is 0 Å². The van der Waals surface area contributed by atoms with Gasteiger partial charge in [0.15, 0.2) is 0 Å². The number of rotatable bonds is 8. The molecule has 1 saturated heterocycles. The maximum Gasteiger partial charge on any atom is 0.211 e. The van der Waals surface area contributed by atoms with Crippen LogP contribution < -0.4 is 10.1 Å². The van der Waals surface area contributed by atoms with Crippen molar-refractivity contribution in [2.24, 2.45) is 0 Å². The molecule has 1 aliphatic rings. The van der Waals surface area contributed by atoms with Crippen LogP contribution in [0.2, 0.25) is 0 Å². The molecule has 24 heavy (non-hydrogen) atoms. The van der Waals surface area contributed by atoms with E-state index in [2.05, 4.69) is 11.9 Å². The fraction of sp³-hybridized carbons (Fsp3) is 0.529. The molecule has 1 aromatic rings. The maximum atomic E-state index is 11.6. The highest BCUT2D eigenvalue weighted by atomic mass is 32.2. The van der Waals surface area contributed by atoms with Gasteiger partial charge < -0.3 is 14.8 Å². The number of hydrogen-bond donors (Lipinski definition) is 1. The van der Waals surface area contributed by atoms with E-state index in [-0.39, 0.29) is 6.10 Å². The summed E-state index contributed by atoms with van der Waals surface area (Å²) in [6.07, 6.45) is 1.11. The highest BCUT2D eigenvalue weighted by molar-refractivity contribution is 7.88. The average molecular weight is 354 g/mol. The Kier molecular flexibility index (Phi) is 6.79. The Morgan fingerprint density at radius 1 is 1.50 bits per heavy atom. The van der Waals surface area contributed by atoms with Crippen LogP contribution in [0.3, 0.4) is 0 Å².